The first kappa shape index (κ1) is 14.4. The monoisotopic (exact) mass is 343 g/mol. The highest BCUT2D eigenvalue weighted by Crippen LogP contribution is 2.24. The first-order chi connectivity index (χ1) is 10.1. The molecule has 3 rings (SSSR count). The first-order valence-electron chi connectivity index (χ1n) is 7.10. The lowest BCUT2D eigenvalue weighted by molar-refractivity contribution is 0.451. The van der Waals surface area contributed by atoms with Crippen molar-refractivity contribution in [2.24, 2.45) is 0 Å². The van der Waals surface area contributed by atoms with Crippen molar-refractivity contribution in [2.45, 2.75) is 26.4 Å². The van der Waals surface area contributed by atoms with Gasteiger partial charge in [-0.25, -0.2) is 0 Å². The second kappa shape index (κ2) is 6.04. The summed E-state index contributed by atoms with van der Waals surface area (Å²) in [5, 5.41) is 4.66. The number of halogens is 1. The molecule has 0 spiro atoms. The van der Waals surface area contributed by atoms with Crippen molar-refractivity contribution >= 4 is 26.9 Å². The molecular formula is C18H18BrNO. The standard InChI is InChI=1S/C18H18BrNO/c1-12-7-8-14(9-16(12)19)11-20-13(2)18-10-15-5-3-4-6-17(15)21-18/h3-10,13,20H,11H2,1-2H3. The van der Waals surface area contributed by atoms with Gasteiger partial charge in [-0.2, -0.15) is 0 Å². The average Bonchev–Trinajstić information content (AvgIpc) is 2.92. The number of hydrogen-bond acceptors (Lipinski definition) is 2. The minimum absolute atomic E-state index is 0.178. The topological polar surface area (TPSA) is 25.2 Å². The molecule has 21 heavy (non-hydrogen) atoms. The molecule has 0 amide bonds. The maximum Gasteiger partial charge on any atom is 0.134 e. The summed E-state index contributed by atoms with van der Waals surface area (Å²) in [6, 6.07) is 16.8. The first-order valence-corrected chi connectivity index (χ1v) is 7.89. The van der Waals surface area contributed by atoms with Gasteiger partial charge in [0.05, 0.1) is 6.04 Å². The molecule has 1 heterocycles. The van der Waals surface area contributed by atoms with Crippen LogP contribution in [0, 0.1) is 6.92 Å². The third-order valence-corrected chi connectivity index (χ3v) is 4.57. The zero-order valence-electron chi connectivity index (χ0n) is 12.2. The quantitative estimate of drug-likeness (QED) is 0.690. The number of benzene rings is 2. The zero-order chi connectivity index (χ0) is 14.8. The van der Waals surface area contributed by atoms with Gasteiger partial charge in [-0.05, 0) is 43.2 Å². The third kappa shape index (κ3) is 3.20. The van der Waals surface area contributed by atoms with Gasteiger partial charge in [-0.15, -0.1) is 0 Å². The molecule has 1 unspecified atom stereocenters. The lowest BCUT2D eigenvalue weighted by Gasteiger charge is -2.12. The fourth-order valence-corrected chi connectivity index (χ4v) is 2.76. The van der Waals surface area contributed by atoms with Gasteiger partial charge in [0.2, 0.25) is 0 Å². The lowest BCUT2D eigenvalue weighted by Crippen LogP contribution is -2.17. The Hall–Kier alpha value is -1.58. The van der Waals surface area contributed by atoms with E-state index >= 15 is 0 Å². The summed E-state index contributed by atoms with van der Waals surface area (Å²) in [6.45, 7) is 5.04. The summed E-state index contributed by atoms with van der Waals surface area (Å²) in [5.41, 5.74) is 3.46. The zero-order valence-corrected chi connectivity index (χ0v) is 13.8. The highest BCUT2D eigenvalue weighted by atomic mass is 79.9. The van der Waals surface area contributed by atoms with Crippen molar-refractivity contribution in [3.63, 3.8) is 0 Å². The SMILES string of the molecule is Cc1ccc(CNC(C)c2cc3ccccc3o2)cc1Br. The molecule has 0 saturated heterocycles. The van der Waals surface area contributed by atoms with E-state index in [2.05, 4.69) is 65.4 Å². The Balaban J connectivity index is 1.70. The number of fused-ring (bicyclic) bond motifs is 1. The van der Waals surface area contributed by atoms with Crippen LogP contribution < -0.4 is 5.32 Å². The summed E-state index contributed by atoms with van der Waals surface area (Å²) in [6.07, 6.45) is 0. The van der Waals surface area contributed by atoms with E-state index in [0.29, 0.717) is 0 Å². The van der Waals surface area contributed by atoms with Crippen molar-refractivity contribution < 1.29 is 4.42 Å². The van der Waals surface area contributed by atoms with E-state index in [1.165, 1.54) is 11.1 Å². The van der Waals surface area contributed by atoms with E-state index in [9.17, 15) is 0 Å². The molecule has 0 bridgehead atoms. The molecule has 0 aliphatic heterocycles. The fraction of sp³-hybridized carbons (Fsp3) is 0.222. The van der Waals surface area contributed by atoms with Gasteiger partial charge >= 0.3 is 0 Å². The highest BCUT2D eigenvalue weighted by Gasteiger charge is 2.11. The molecule has 1 atom stereocenters. The summed E-state index contributed by atoms with van der Waals surface area (Å²) in [4.78, 5) is 0. The van der Waals surface area contributed by atoms with E-state index < -0.39 is 0 Å². The van der Waals surface area contributed by atoms with Crippen molar-refractivity contribution in [2.75, 3.05) is 0 Å². The molecule has 108 valence electrons. The van der Waals surface area contributed by atoms with Gasteiger partial charge < -0.3 is 9.73 Å². The second-order valence-electron chi connectivity index (χ2n) is 5.37. The van der Waals surface area contributed by atoms with Crippen LogP contribution >= 0.6 is 15.9 Å². The van der Waals surface area contributed by atoms with Gasteiger partial charge in [-0.3, -0.25) is 0 Å². The largest absolute Gasteiger partial charge is 0.459 e. The Morgan fingerprint density at radius 2 is 1.95 bits per heavy atom. The molecule has 2 nitrogen and oxygen atoms in total. The number of hydrogen-bond donors (Lipinski definition) is 1. The molecule has 3 heteroatoms. The molecule has 2 aromatic carbocycles. The van der Waals surface area contributed by atoms with Crippen LogP contribution in [0.15, 0.2) is 57.4 Å². The second-order valence-corrected chi connectivity index (χ2v) is 6.23. The molecule has 0 aliphatic carbocycles. The van der Waals surface area contributed by atoms with Crippen molar-refractivity contribution in [1.29, 1.82) is 0 Å². The number of furan rings is 1. The predicted molar refractivity (Wildman–Crippen MR) is 90.3 cm³/mol. The van der Waals surface area contributed by atoms with Gasteiger partial charge in [0.1, 0.15) is 11.3 Å². The number of para-hydroxylation sites is 1. The minimum atomic E-state index is 0.178. The molecule has 0 saturated carbocycles. The van der Waals surface area contributed by atoms with Crippen LogP contribution in [0.5, 0.6) is 0 Å². The summed E-state index contributed by atoms with van der Waals surface area (Å²) >= 11 is 3.57. The predicted octanol–water partition coefficient (Wildman–Crippen LogP) is 5.35. The molecule has 0 aliphatic rings. The van der Waals surface area contributed by atoms with Crippen LogP contribution in [-0.2, 0) is 6.54 Å². The van der Waals surface area contributed by atoms with E-state index in [1.54, 1.807) is 0 Å². The van der Waals surface area contributed by atoms with Crippen LogP contribution in [0.2, 0.25) is 0 Å². The minimum Gasteiger partial charge on any atom is -0.459 e. The summed E-state index contributed by atoms with van der Waals surface area (Å²) in [5.74, 6) is 0.974. The van der Waals surface area contributed by atoms with Gasteiger partial charge in [0.15, 0.2) is 0 Å². The molecule has 0 radical (unpaired) electrons. The lowest BCUT2D eigenvalue weighted by atomic mass is 10.1. The Labute approximate surface area is 133 Å². The van der Waals surface area contributed by atoms with Crippen molar-refractivity contribution in [1.82, 2.24) is 5.32 Å². The van der Waals surface area contributed by atoms with Crippen LogP contribution in [0.4, 0.5) is 0 Å². The van der Waals surface area contributed by atoms with E-state index in [1.807, 2.05) is 18.2 Å². The molecule has 1 aromatic heterocycles. The van der Waals surface area contributed by atoms with Gasteiger partial charge in [0, 0.05) is 16.4 Å². The number of rotatable bonds is 4. The number of nitrogens with one attached hydrogen (secondary N) is 1. The van der Waals surface area contributed by atoms with E-state index in [4.69, 9.17) is 4.42 Å². The maximum absolute atomic E-state index is 5.89. The van der Waals surface area contributed by atoms with Crippen molar-refractivity contribution in [3.05, 3.63) is 69.9 Å². The Bertz CT molecular complexity index is 730. The molecule has 3 aromatic rings. The van der Waals surface area contributed by atoms with E-state index in [-0.39, 0.29) is 6.04 Å². The van der Waals surface area contributed by atoms with Crippen LogP contribution in [0.3, 0.4) is 0 Å². The molecule has 0 fully saturated rings. The van der Waals surface area contributed by atoms with Crippen LogP contribution in [0.1, 0.15) is 29.9 Å². The van der Waals surface area contributed by atoms with E-state index in [0.717, 1.165) is 27.7 Å². The average molecular weight is 344 g/mol. The van der Waals surface area contributed by atoms with Gasteiger partial charge in [0.25, 0.3) is 0 Å². The maximum atomic E-state index is 5.89. The Kier molecular flexibility index (Phi) is 4.13. The fourth-order valence-electron chi connectivity index (χ4n) is 2.33. The Morgan fingerprint density at radius 3 is 2.71 bits per heavy atom. The van der Waals surface area contributed by atoms with Crippen LogP contribution in [-0.4, -0.2) is 0 Å². The van der Waals surface area contributed by atoms with Gasteiger partial charge in [-0.1, -0.05) is 46.3 Å². The summed E-state index contributed by atoms with van der Waals surface area (Å²) in [7, 11) is 0. The molecular weight excluding hydrogens is 326 g/mol. The summed E-state index contributed by atoms with van der Waals surface area (Å²) < 4.78 is 7.04. The van der Waals surface area contributed by atoms with Crippen LogP contribution in [0.25, 0.3) is 11.0 Å². The normalized spacial score (nSPS) is 12.7. The molecule has 1 N–H and O–H groups in total. The van der Waals surface area contributed by atoms with Crippen molar-refractivity contribution in [3.8, 4) is 0 Å². The Morgan fingerprint density at radius 1 is 1.14 bits per heavy atom. The highest BCUT2D eigenvalue weighted by molar-refractivity contribution is 9.10. The third-order valence-electron chi connectivity index (χ3n) is 3.72. The number of aryl methyl sites for hydroxylation is 1. The smallest absolute Gasteiger partial charge is 0.134 e.